The van der Waals surface area contributed by atoms with Gasteiger partial charge in [0.25, 0.3) is 0 Å². The molecule has 2 rings (SSSR count). The van der Waals surface area contributed by atoms with E-state index in [-0.39, 0.29) is 17.3 Å². The van der Waals surface area contributed by atoms with E-state index in [0.29, 0.717) is 15.6 Å². The van der Waals surface area contributed by atoms with Gasteiger partial charge < -0.3 is 0 Å². The van der Waals surface area contributed by atoms with E-state index >= 15 is 0 Å². The molecule has 1 N–H and O–H groups in total. The quantitative estimate of drug-likeness (QED) is 0.747. The normalized spacial score (nSPS) is 16.5. The van der Waals surface area contributed by atoms with E-state index in [4.69, 9.17) is 0 Å². The van der Waals surface area contributed by atoms with Crippen LogP contribution in [0.15, 0.2) is 16.3 Å². The second-order valence-electron chi connectivity index (χ2n) is 2.76. The summed E-state index contributed by atoms with van der Waals surface area (Å²) in [5, 5.41) is 6.17. The fourth-order valence-corrected chi connectivity index (χ4v) is 1.60. The number of hydrogen-bond acceptors (Lipinski definition) is 3. The van der Waals surface area contributed by atoms with E-state index in [1.54, 1.807) is 6.92 Å². The molecule has 0 bridgehead atoms. The number of carbonyl (C=O) groups excluding carboxylic acids is 2. The van der Waals surface area contributed by atoms with Crippen molar-refractivity contribution in [2.45, 2.75) is 6.92 Å². The Hall–Kier alpha value is -1.23. The van der Waals surface area contributed by atoms with E-state index in [1.165, 1.54) is 6.20 Å². The summed E-state index contributed by atoms with van der Waals surface area (Å²) in [5.41, 5.74) is 1.04. The third-order valence-corrected chi connectivity index (χ3v) is 2.94. The van der Waals surface area contributed by atoms with Gasteiger partial charge in [-0.3, -0.25) is 14.7 Å². The van der Waals surface area contributed by atoms with Crippen LogP contribution < -0.4 is 0 Å². The van der Waals surface area contributed by atoms with Crippen molar-refractivity contribution in [3.8, 4) is 0 Å². The fourth-order valence-electron chi connectivity index (χ4n) is 1.21. The van der Waals surface area contributed by atoms with Crippen LogP contribution in [0.3, 0.4) is 0 Å². The number of carbonyl (C=O) groups is 2. The lowest BCUT2D eigenvalue weighted by atomic mass is 9.97. The van der Waals surface area contributed by atoms with E-state index in [1.807, 2.05) is 0 Å². The van der Waals surface area contributed by atoms with Crippen LogP contribution in [0.5, 0.6) is 0 Å². The predicted molar refractivity (Wildman–Crippen MR) is 48.9 cm³/mol. The second kappa shape index (κ2) is 2.63. The van der Waals surface area contributed by atoms with Gasteiger partial charge in [0.05, 0.1) is 16.2 Å². The number of aromatic nitrogens is 2. The lowest BCUT2D eigenvalue weighted by molar-refractivity contribution is 0.0980. The fraction of sp³-hybridized carbons (Fsp3) is 0.125. The Balaban J connectivity index is 2.71. The highest BCUT2D eigenvalue weighted by Crippen LogP contribution is 2.27. The van der Waals surface area contributed by atoms with Gasteiger partial charge in [0.1, 0.15) is 5.69 Å². The summed E-state index contributed by atoms with van der Waals surface area (Å²) in [6, 6.07) is 0. The number of hydrogen-bond donors (Lipinski definition) is 1. The maximum atomic E-state index is 11.5. The predicted octanol–water partition coefficient (Wildman–Crippen LogP) is 1.46. The first-order valence-corrected chi connectivity index (χ1v) is 4.41. The molecule has 0 fully saturated rings. The Bertz CT molecular complexity index is 406. The van der Waals surface area contributed by atoms with Crippen molar-refractivity contribution in [1.82, 2.24) is 10.2 Å². The maximum absolute atomic E-state index is 11.5. The summed E-state index contributed by atoms with van der Waals surface area (Å²) in [4.78, 5) is 23.0. The van der Waals surface area contributed by atoms with Crippen molar-refractivity contribution in [3.63, 3.8) is 0 Å². The third-order valence-electron chi connectivity index (χ3n) is 1.98. The number of nitrogens with zero attached hydrogens (tertiary/aromatic N) is 1. The van der Waals surface area contributed by atoms with Crippen LogP contribution in [0.25, 0.3) is 0 Å². The van der Waals surface area contributed by atoms with Crippen molar-refractivity contribution >= 4 is 27.5 Å². The van der Waals surface area contributed by atoms with Gasteiger partial charge in [-0.25, -0.2) is 0 Å². The van der Waals surface area contributed by atoms with Gasteiger partial charge in [-0.1, -0.05) is 0 Å². The second-order valence-corrected chi connectivity index (χ2v) is 3.55. The SMILES string of the molecule is CC1=C(Br)C(=O)c2cn[nH]c2C1=O. The Morgan fingerprint density at radius 3 is 2.77 bits per heavy atom. The highest BCUT2D eigenvalue weighted by atomic mass is 79.9. The van der Waals surface area contributed by atoms with Gasteiger partial charge in [-0.15, -0.1) is 0 Å². The molecule has 1 aromatic rings. The lowest BCUT2D eigenvalue weighted by Gasteiger charge is -2.09. The number of aromatic amines is 1. The van der Waals surface area contributed by atoms with E-state index in [0.717, 1.165) is 0 Å². The Labute approximate surface area is 82.1 Å². The molecule has 4 nitrogen and oxygen atoms in total. The number of fused-ring (bicyclic) bond motifs is 1. The summed E-state index contributed by atoms with van der Waals surface area (Å²) in [5.74, 6) is -0.375. The minimum absolute atomic E-state index is 0.182. The number of rotatable bonds is 0. The van der Waals surface area contributed by atoms with E-state index in [2.05, 4.69) is 26.1 Å². The molecule has 66 valence electrons. The van der Waals surface area contributed by atoms with Gasteiger partial charge in [0.2, 0.25) is 11.6 Å². The van der Waals surface area contributed by atoms with Crippen molar-refractivity contribution in [1.29, 1.82) is 0 Å². The Kier molecular flexibility index (Phi) is 1.69. The molecule has 0 aromatic carbocycles. The molecule has 1 heterocycles. The van der Waals surface area contributed by atoms with Gasteiger partial charge in [0.15, 0.2) is 0 Å². The molecule has 0 atom stereocenters. The molecule has 0 spiro atoms. The molecule has 1 aliphatic carbocycles. The molecule has 0 amide bonds. The first kappa shape index (κ1) is 8.37. The molecule has 1 aromatic heterocycles. The van der Waals surface area contributed by atoms with Crippen LogP contribution in [0.1, 0.15) is 27.8 Å². The van der Waals surface area contributed by atoms with E-state index in [9.17, 15) is 9.59 Å². The van der Waals surface area contributed by atoms with Crippen molar-refractivity contribution in [2.24, 2.45) is 0 Å². The Morgan fingerprint density at radius 1 is 1.38 bits per heavy atom. The highest BCUT2D eigenvalue weighted by molar-refractivity contribution is 9.12. The van der Waals surface area contributed by atoms with Crippen LogP contribution in [-0.4, -0.2) is 21.8 Å². The molecule has 0 unspecified atom stereocenters. The first-order valence-electron chi connectivity index (χ1n) is 3.62. The molecule has 5 heteroatoms. The zero-order valence-corrected chi connectivity index (χ0v) is 8.31. The lowest BCUT2D eigenvalue weighted by Crippen LogP contribution is -2.17. The average molecular weight is 241 g/mol. The van der Waals surface area contributed by atoms with Gasteiger partial charge in [0, 0.05) is 5.57 Å². The zero-order valence-electron chi connectivity index (χ0n) is 6.72. The number of ketones is 2. The number of H-pyrrole nitrogens is 1. The van der Waals surface area contributed by atoms with E-state index < -0.39 is 0 Å². The van der Waals surface area contributed by atoms with Crippen molar-refractivity contribution in [2.75, 3.05) is 0 Å². The largest absolute Gasteiger partial charge is 0.288 e. The molecular formula is C8H5BrN2O2. The number of allylic oxidation sites excluding steroid dienone is 2. The summed E-state index contributed by atoms with van der Waals surface area (Å²) in [7, 11) is 0. The number of nitrogens with one attached hydrogen (secondary N) is 1. The zero-order chi connectivity index (χ0) is 9.59. The van der Waals surface area contributed by atoms with Crippen LogP contribution >= 0.6 is 15.9 Å². The third kappa shape index (κ3) is 1.00. The number of Topliss-reactive ketones (excluding diaryl/α,β-unsaturated/α-hetero) is 2. The molecule has 1 aliphatic rings. The smallest absolute Gasteiger partial charge is 0.208 e. The van der Waals surface area contributed by atoms with Crippen LogP contribution in [0.4, 0.5) is 0 Å². The molecule has 0 saturated carbocycles. The molecule has 0 radical (unpaired) electrons. The maximum Gasteiger partial charge on any atom is 0.208 e. The number of halogens is 1. The van der Waals surface area contributed by atoms with Crippen molar-refractivity contribution in [3.05, 3.63) is 27.5 Å². The van der Waals surface area contributed by atoms with Crippen LogP contribution in [-0.2, 0) is 0 Å². The average Bonchev–Trinajstić information content (AvgIpc) is 2.59. The van der Waals surface area contributed by atoms with Gasteiger partial charge >= 0.3 is 0 Å². The minimum Gasteiger partial charge on any atom is -0.288 e. The monoisotopic (exact) mass is 240 g/mol. The van der Waals surface area contributed by atoms with Crippen molar-refractivity contribution < 1.29 is 9.59 Å². The van der Waals surface area contributed by atoms with Gasteiger partial charge in [-0.2, -0.15) is 5.10 Å². The summed E-state index contributed by atoms with van der Waals surface area (Å²) in [6.45, 7) is 1.61. The molecule has 0 saturated heterocycles. The highest BCUT2D eigenvalue weighted by Gasteiger charge is 2.30. The summed E-state index contributed by atoms with van der Waals surface area (Å²) >= 11 is 3.08. The minimum atomic E-state index is -0.194. The Morgan fingerprint density at radius 2 is 2.08 bits per heavy atom. The summed E-state index contributed by atoms with van der Waals surface area (Å²) in [6.07, 6.45) is 1.36. The van der Waals surface area contributed by atoms with Crippen LogP contribution in [0, 0.1) is 0 Å². The topological polar surface area (TPSA) is 62.8 Å². The van der Waals surface area contributed by atoms with Gasteiger partial charge in [-0.05, 0) is 22.9 Å². The molecule has 0 aliphatic heterocycles. The first-order chi connectivity index (χ1) is 6.13. The molecular weight excluding hydrogens is 236 g/mol. The molecule has 13 heavy (non-hydrogen) atoms. The van der Waals surface area contributed by atoms with Crippen LogP contribution in [0.2, 0.25) is 0 Å². The standard InChI is InChI=1S/C8H5BrN2O2/c1-3-5(9)8(13)4-2-10-11-6(4)7(3)12/h2H,1H3,(H,10,11). The summed E-state index contributed by atoms with van der Waals surface area (Å²) < 4.78 is 0.325.